The second-order valence-electron chi connectivity index (χ2n) is 15.2. The highest BCUT2D eigenvalue weighted by Gasteiger charge is 2.28. The molecule has 5 aromatic carbocycles. The Balaban J connectivity index is 0.000000184. The van der Waals surface area contributed by atoms with E-state index in [9.17, 15) is 64.3 Å². The minimum absolute atomic E-state index is 0.0156. The van der Waals surface area contributed by atoms with Crippen LogP contribution in [0.1, 0.15) is 48.4 Å². The van der Waals surface area contributed by atoms with E-state index in [1.165, 1.54) is 35.2 Å². The summed E-state index contributed by atoms with van der Waals surface area (Å²) in [5.41, 5.74) is 3.25. The number of amides is 3. The zero-order valence-corrected chi connectivity index (χ0v) is 38.4. The number of carbonyl (C=O) groups is 4. The lowest BCUT2D eigenvalue weighted by Crippen LogP contribution is -2.40. The molecule has 0 radical (unpaired) electrons. The summed E-state index contributed by atoms with van der Waals surface area (Å²) in [5.74, 6) is -4.22. The van der Waals surface area contributed by atoms with Crippen molar-refractivity contribution in [3.63, 3.8) is 0 Å². The highest BCUT2D eigenvalue weighted by Crippen LogP contribution is 2.34. The number of morpholine rings is 3. The number of ether oxygens (including phenoxy) is 4. The van der Waals surface area contributed by atoms with Gasteiger partial charge in [-0.25, -0.2) is 4.79 Å². The zero-order valence-electron chi connectivity index (χ0n) is 38.4. The largest absolute Gasteiger partial charge is 0.505 e. The lowest BCUT2D eigenvalue weighted by atomic mass is 10.1. The van der Waals surface area contributed by atoms with Crippen LogP contribution in [-0.2, 0) is 14.2 Å². The van der Waals surface area contributed by atoms with Crippen LogP contribution in [0.4, 0.5) is 28.4 Å². The van der Waals surface area contributed by atoms with Crippen molar-refractivity contribution in [2.24, 2.45) is 0 Å². The van der Waals surface area contributed by atoms with Gasteiger partial charge in [0.05, 0.1) is 84.2 Å². The molecule has 0 aromatic heterocycles. The summed E-state index contributed by atoms with van der Waals surface area (Å²) in [6, 6.07) is 16.6. The molecule has 0 bridgehead atoms. The number of nitrogens with one attached hydrogen (secondary N) is 1. The van der Waals surface area contributed by atoms with E-state index in [0.29, 0.717) is 78.9 Å². The molecule has 3 heterocycles. The van der Waals surface area contributed by atoms with Gasteiger partial charge in [0.1, 0.15) is 11.3 Å². The molecule has 26 heteroatoms. The maximum Gasteiger partial charge on any atom is 0.339 e. The van der Waals surface area contributed by atoms with E-state index in [4.69, 9.17) is 34.9 Å². The molecule has 26 nitrogen and oxygen atoms in total. The van der Waals surface area contributed by atoms with Gasteiger partial charge in [0.15, 0.2) is 17.2 Å². The van der Waals surface area contributed by atoms with Crippen molar-refractivity contribution >= 4 is 52.1 Å². The third-order valence-electron chi connectivity index (χ3n) is 10.8. The first-order valence-corrected chi connectivity index (χ1v) is 21.8. The Morgan fingerprint density at radius 1 is 0.597 bits per heavy atom. The fourth-order valence-corrected chi connectivity index (χ4v) is 6.96. The number of phenols is 4. The average Bonchev–Trinajstić information content (AvgIpc) is 3.39. The van der Waals surface area contributed by atoms with Gasteiger partial charge in [-0.2, -0.15) is 0 Å². The molecule has 0 aliphatic carbocycles. The van der Waals surface area contributed by atoms with Gasteiger partial charge >= 0.3 is 17.3 Å². The molecule has 3 aliphatic rings. The van der Waals surface area contributed by atoms with E-state index < -0.39 is 61.0 Å². The molecular formula is C46H49N7O19. The fourth-order valence-electron chi connectivity index (χ4n) is 6.96. The van der Waals surface area contributed by atoms with Crippen LogP contribution >= 0.6 is 0 Å². The van der Waals surface area contributed by atoms with Crippen LogP contribution in [0, 0.1) is 20.2 Å². The smallest absolute Gasteiger partial charge is 0.339 e. The third kappa shape index (κ3) is 13.0. The predicted octanol–water partition coefficient (Wildman–Crippen LogP) is 2.82. The second kappa shape index (κ2) is 25.1. The van der Waals surface area contributed by atoms with Crippen molar-refractivity contribution in [2.45, 2.75) is 6.92 Å². The molecule has 72 heavy (non-hydrogen) atoms. The van der Waals surface area contributed by atoms with Gasteiger partial charge in [0, 0.05) is 51.4 Å². The summed E-state index contributed by atoms with van der Waals surface area (Å²) < 4.78 is 20.6. The molecular weight excluding hydrogens is 955 g/mol. The highest BCUT2D eigenvalue weighted by molar-refractivity contribution is 6.00. The topological polar surface area (TPSA) is 375 Å². The number of carboxylic acid groups (broad SMARTS) is 1. The minimum atomic E-state index is -1.40. The normalized spacial score (nSPS) is 14.2. The van der Waals surface area contributed by atoms with E-state index in [0.717, 1.165) is 18.2 Å². The van der Waals surface area contributed by atoms with Crippen LogP contribution in [0.2, 0.25) is 0 Å². The molecule has 3 amide bonds. The molecule has 382 valence electrons. The number of nitrogens with zero attached hydrogens (tertiary/aromatic N) is 5. The Morgan fingerprint density at radius 2 is 0.972 bits per heavy atom. The van der Waals surface area contributed by atoms with Crippen molar-refractivity contribution in [3.8, 4) is 28.7 Å². The van der Waals surface area contributed by atoms with Crippen LogP contribution < -0.4 is 26.6 Å². The van der Waals surface area contributed by atoms with E-state index >= 15 is 0 Å². The monoisotopic (exact) mass is 1000 g/mol. The number of hydrogen-bond acceptors (Lipinski definition) is 20. The summed E-state index contributed by atoms with van der Waals surface area (Å²) in [4.78, 5) is 94.4. The maximum atomic E-state index is 12.6. The molecule has 3 saturated heterocycles. The number of hydrogen-bond donors (Lipinski definition) is 7. The number of aromatic carboxylic acids is 1. The number of para-hydroxylation sites is 4. The Hall–Kier alpha value is -8.88. The molecule has 3 aliphatic heterocycles. The number of nitro groups is 2. The first kappa shape index (κ1) is 54.1. The first-order chi connectivity index (χ1) is 34.4. The quantitative estimate of drug-likeness (QED) is 0.0348. The van der Waals surface area contributed by atoms with Gasteiger partial charge in [-0.1, -0.05) is 24.3 Å². The second-order valence-corrected chi connectivity index (χ2v) is 15.2. The zero-order chi connectivity index (χ0) is 52.6. The SMILES string of the molecule is CCOc1c(Nc2cccc(C(=O)N3CCOCC3)c2O)c(=O)c1=O.Nc1cccc(C(=O)N2CCOCC2)c1O.O=C(O)c1cccc([N+](=O)[O-])c1O.O=C(c1cccc([N+](=O)[O-])c1O)N1CCOCC1. The number of nitrogen functional groups attached to an aromatic ring is 1. The minimum Gasteiger partial charge on any atom is -0.505 e. The van der Waals surface area contributed by atoms with Gasteiger partial charge in [-0.05, 0) is 43.3 Å². The summed E-state index contributed by atoms with van der Waals surface area (Å²) in [7, 11) is 0. The van der Waals surface area contributed by atoms with Crippen LogP contribution in [0.25, 0.3) is 0 Å². The molecule has 0 spiro atoms. The van der Waals surface area contributed by atoms with Crippen molar-refractivity contribution in [1.82, 2.24) is 14.7 Å². The van der Waals surface area contributed by atoms with E-state index in [2.05, 4.69) is 5.32 Å². The summed E-state index contributed by atoms with van der Waals surface area (Å²) in [5, 5.41) is 71.1. The Bertz CT molecular complexity index is 2830. The van der Waals surface area contributed by atoms with Crippen molar-refractivity contribution in [3.05, 3.63) is 136 Å². The van der Waals surface area contributed by atoms with Crippen LogP contribution in [0.3, 0.4) is 0 Å². The average molecular weight is 1000 g/mol. The maximum absolute atomic E-state index is 12.6. The van der Waals surface area contributed by atoms with E-state index in [1.807, 2.05) is 0 Å². The molecule has 5 aromatic rings. The number of aromatic hydroxyl groups is 4. The molecule has 8 rings (SSSR count). The fraction of sp³-hybridized carbons (Fsp3) is 0.304. The van der Waals surface area contributed by atoms with Crippen molar-refractivity contribution in [1.29, 1.82) is 0 Å². The number of carboxylic acids is 1. The summed E-state index contributed by atoms with van der Waals surface area (Å²) >= 11 is 0. The molecule has 8 N–H and O–H groups in total. The highest BCUT2D eigenvalue weighted by atomic mass is 16.6. The molecule has 0 atom stereocenters. The van der Waals surface area contributed by atoms with Crippen molar-refractivity contribution < 1.29 is 73.5 Å². The molecule has 0 unspecified atom stereocenters. The number of benzene rings is 4. The third-order valence-corrected chi connectivity index (χ3v) is 10.8. The number of anilines is 3. The number of carbonyl (C=O) groups excluding carboxylic acids is 3. The summed E-state index contributed by atoms with van der Waals surface area (Å²) in [6.45, 7) is 7.60. The standard InChI is InChI=1S/C17H18N2O6.C11H12N2O5.C11H14N2O3.C7H5NO5/c1-2-25-16-12(14(21)15(16)22)18-11-5-3-4-10(13(11)20)17(23)19-6-8-24-9-7-19;14-10-8(2-1-3-9(10)13(16)17)11(15)12-4-6-18-7-5-12;12-9-3-1-2-8(10(9)14)11(15)13-4-6-16-7-5-13;9-6-4(7(10)11)2-1-3-5(6)8(12)13/h3-5,18,20H,2,6-9H2,1H3;1-3,14H,4-7H2;1-3,14H,4-7,12H2;1-3,9H,(H,10,11). The van der Waals surface area contributed by atoms with E-state index in [-0.39, 0.29) is 69.4 Å². The molecule has 0 saturated carbocycles. The van der Waals surface area contributed by atoms with Gasteiger partial charge in [-0.15, -0.1) is 0 Å². The molecule has 3 fully saturated rings. The van der Waals surface area contributed by atoms with Gasteiger partial charge in [-0.3, -0.25) is 44.2 Å². The van der Waals surface area contributed by atoms with Gasteiger partial charge < -0.3 is 70.2 Å². The van der Waals surface area contributed by atoms with Crippen LogP contribution in [0.5, 0.6) is 28.7 Å². The Labute approximate surface area is 407 Å². The van der Waals surface area contributed by atoms with Gasteiger partial charge in [0.25, 0.3) is 28.6 Å². The number of nitrogens with two attached hydrogens (primary N) is 1. The number of rotatable bonds is 10. The van der Waals surface area contributed by atoms with Gasteiger partial charge in [0.2, 0.25) is 11.5 Å². The lowest BCUT2D eigenvalue weighted by molar-refractivity contribution is -0.386. The van der Waals surface area contributed by atoms with Crippen LogP contribution in [-0.4, -0.2) is 159 Å². The lowest BCUT2D eigenvalue weighted by Gasteiger charge is -2.27. The predicted molar refractivity (Wildman–Crippen MR) is 253 cm³/mol. The van der Waals surface area contributed by atoms with Crippen molar-refractivity contribution in [2.75, 3.05) is 96.6 Å². The first-order valence-electron chi connectivity index (χ1n) is 21.8. The van der Waals surface area contributed by atoms with E-state index in [1.54, 1.807) is 41.0 Å². The van der Waals surface area contributed by atoms with Crippen LogP contribution in [0.15, 0.2) is 82.4 Å². The Morgan fingerprint density at radius 3 is 1.39 bits per heavy atom. The summed E-state index contributed by atoms with van der Waals surface area (Å²) in [6.07, 6.45) is 0. The number of phenolic OH excluding ortho intramolecular Hbond substituents is 3. The Kier molecular flexibility index (Phi) is 18.9. The number of nitro benzene ring substituents is 2.